The van der Waals surface area contributed by atoms with Gasteiger partial charge in [0.25, 0.3) is 0 Å². The second kappa shape index (κ2) is 3.08. The summed E-state index contributed by atoms with van der Waals surface area (Å²) >= 11 is 0. The first-order valence-electron chi connectivity index (χ1n) is 5.05. The smallest absolute Gasteiger partial charge is 0.223 e. The topological polar surface area (TPSA) is 29.1 Å². The molecule has 1 amide bonds. The van der Waals surface area contributed by atoms with E-state index in [9.17, 15) is 4.79 Å². The number of hydrogen-bond donors (Lipinski definition) is 1. The number of hydrogen-bond acceptors (Lipinski definition) is 1. The van der Waals surface area contributed by atoms with Gasteiger partial charge in [0.2, 0.25) is 5.91 Å². The molecule has 1 N–H and O–H groups in total. The third-order valence-electron chi connectivity index (χ3n) is 3.40. The van der Waals surface area contributed by atoms with E-state index in [0.29, 0.717) is 17.7 Å². The summed E-state index contributed by atoms with van der Waals surface area (Å²) in [5.41, 5.74) is 0. The van der Waals surface area contributed by atoms with Crippen molar-refractivity contribution < 1.29 is 4.79 Å². The van der Waals surface area contributed by atoms with Gasteiger partial charge in [0.15, 0.2) is 0 Å². The molecule has 1 aliphatic heterocycles. The molecule has 0 aromatic heterocycles. The van der Waals surface area contributed by atoms with E-state index in [4.69, 9.17) is 0 Å². The molecule has 2 aliphatic rings. The number of amides is 1. The van der Waals surface area contributed by atoms with Gasteiger partial charge in [0.05, 0.1) is 0 Å². The van der Waals surface area contributed by atoms with Crippen LogP contribution in [0.5, 0.6) is 0 Å². The minimum absolute atomic E-state index is 0.318. The molecule has 0 aromatic carbocycles. The summed E-state index contributed by atoms with van der Waals surface area (Å²) in [6.07, 6.45) is 4.85. The second-order valence-corrected chi connectivity index (χ2v) is 4.36. The molecule has 68 valence electrons. The molecular weight excluding hydrogens is 150 g/mol. The van der Waals surface area contributed by atoms with Crippen molar-refractivity contribution in [3.05, 3.63) is 0 Å². The van der Waals surface area contributed by atoms with E-state index in [2.05, 4.69) is 12.2 Å². The largest absolute Gasteiger partial charge is 0.356 e. The van der Waals surface area contributed by atoms with Gasteiger partial charge < -0.3 is 5.32 Å². The molecule has 3 unspecified atom stereocenters. The van der Waals surface area contributed by atoms with Crippen molar-refractivity contribution in [3.63, 3.8) is 0 Å². The third kappa shape index (κ3) is 1.35. The van der Waals surface area contributed by atoms with Crippen LogP contribution < -0.4 is 5.32 Å². The highest BCUT2D eigenvalue weighted by Gasteiger charge is 2.35. The Hall–Kier alpha value is -0.530. The number of piperidine rings is 1. The van der Waals surface area contributed by atoms with Crippen LogP contribution in [0.4, 0.5) is 0 Å². The lowest BCUT2D eigenvalue weighted by atomic mass is 9.71. The number of nitrogens with one attached hydrogen (secondary N) is 1. The lowest BCUT2D eigenvalue weighted by Crippen LogP contribution is -2.44. The van der Waals surface area contributed by atoms with Crippen LogP contribution in [0.25, 0.3) is 0 Å². The molecule has 2 fully saturated rings. The standard InChI is InChI=1S/C10H17NO/c1-7-2-3-9-8(6-7)4-5-11-10(9)12/h7-9H,2-6H2,1H3,(H,11,12). The Balaban J connectivity index is 2.04. The predicted octanol–water partition coefficient (Wildman–Crippen LogP) is 1.56. The maximum Gasteiger partial charge on any atom is 0.223 e. The van der Waals surface area contributed by atoms with E-state index in [1.54, 1.807) is 0 Å². The van der Waals surface area contributed by atoms with Crippen LogP contribution >= 0.6 is 0 Å². The first-order chi connectivity index (χ1) is 5.77. The van der Waals surface area contributed by atoms with Crippen LogP contribution in [0.15, 0.2) is 0 Å². The maximum absolute atomic E-state index is 11.4. The lowest BCUT2D eigenvalue weighted by molar-refractivity contribution is -0.130. The summed E-state index contributed by atoms with van der Waals surface area (Å²) < 4.78 is 0. The van der Waals surface area contributed by atoms with Gasteiger partial charge in [0.1, 0.15) is 0 Å². The Kier molecular flexibility index (Phi) is 2.07. The number of fused-ring (bicyclic) bond motifs is 1. The summed E-state index contributed by atoms with van der Waals surface area (Å²) in [6, 6.07) is 0. The summed E-state index contributed by atoms with van der Waals surface area (Å²) in [5, 5.41) is 2.96. The Bertz CT molecular complexity index is 190. The van der Waals surface area contributed by atoms with Crippen molar-refractivity contribution in [2.75, 3.05) is 6.54 Å². The van der Waals surface area contributed by atoms with Gasteiger partial charge in [-0.25, -0.2) is 0 Å². The summed E-state index contributed by atoms with van der Waals surface area (Å²) in [5.74, 6) is 2.22. The molecule has 0 bridgehead atoms. The van der Waals surface area contributed by atoms with Crippen molar-refractivity contribution in [1.29, 1.82) is 0 Å². The second-order valence-electron chi connectivity index (χ2n) is 4.36. The van der Waals surface area contributed by atoms with E-state index in [-0.39, 0.29) is 0 Å². The van der Waals surface area contributed by atoms with Crippen molar-refractivity contribution in [2.45, 2.75) is 32.6 Å². The number of carbonyl (C=O) groups excluding carboxylic acids is 1. The highest BCUT2D eigenvalue weighted by molar-refractivity contribution is 5.79. The maximum atomic E-state index is 11.4. The Morgan fingerprint density at radius 3 is 3.00 bits per heavy atom. The fourth-order valence-corrected chi connectivity index (χ4v) is 2.67. The molecular formula is C10H17NO. The Morgan fingerprint density at radius 1 is 1.33 bits per heavy atom. The van der Waals surface area contributed by atoms with Gasteiger partial charge in [-0.3, -0.25) is 4.79 Å². The van der Waals surface area contributed by atoms with Crippen molar-refractivity contribution >= 4 is 5.91 Å². The van der Waals surface area contributed by atoms with Crippen LogP contribution in [-0.4, -0.2) is 12.5 Å². The number of carbonyl (C=O) groups is 1. The molecule has 2 heteroatoms. The normalized spacial score (nSPS) is 41.8. The monoisotopic (exact) mass is 167 g/mol. The summed E-state index contributed by atoms with van der Waals surface area (Å²) in [4.78, 5) is 11.4. The van der Waals surface area contributed by atoms with E-state index in [1.807, 2.05) is 0 Å². The van der Waals surface area contributed by atoms with Gasteiger partial charge in [-0.15, -0.1) is 0 Å². The lowest BCUT2D eigenvalue weighted by Gasteiger charge is -2.37. The van der Waals surface area contributed by atoms with Crippen LogP contribution in [0.1, 0.15) is 32.6 Å². The average molecular weight is 167 g/mol. The molecule has 2 rings (SSSR count). The first kappa shape index (κ1) is 8.09. The highest BCUT2D eigenvalue weighted by atomic mass is 16.1. The van der Waals surface area contributed by atoms with Gasteiger partial charge in [-0.05, 0) is 37.5 Å². The van der Waals surface area contributed by atoms with Gasteiger partial charge in [0, 0.05) is 12.5 Å². The average Bonchev–Trinajstić information content (AvgIpc) is 2.04. The highest BCUT2D eigenvalue weighted by Crippen LogP contribution is 2.37. The van der Waals surface area contributed by atoms with E-state index >= 15 is 0 Å². The van der Waals surface area contributed by atoms with E-state index < -0.39 is 0 Å². The minimum Gasteiger partial charge on any atom is -0.356 e. The number of rotatable bonds is 0. The van der Waals surface area contributed by atoms with Crippen LogP contribution in [0.2, 0.25) is 0 Å². The fourth-order valence-electron chi connectivity index (χ4n) is 2.67. The van der Waals surface area contributed by atoms with Gasteiger partial charge in [-0.2, -0.15) is 0 Å². The molecule has 1 saturated heterocycles. The summed E-state index contributed by atoms with van der Waals surface area (Å²) in [7, 11) is 0. The molecule has 0 aromatic rings. The van der Waals surface area contributed by atoms with Crippen molar-refractivity contribution in [1.82, 2.24) is 5.32 Å². The van der Waals surface area contributed by atoms with Crippen LogP contribution in [-0.2, 0) is 4.79 Å². The SMILES string of the molecule is CC1CCC2C(=O)NCCC2C1. The van der Waals surface area contributed by atoms with Gasteiger partial charge in [-0.1, -0.05) is 6.92 Å². The van der Waals surface area contributed by atoms with E-state index in [1.165, 1.54) is 19.3 Å². The molecule has 3 atom stereocenters. The van der Waals surface area contributed by atoms with Crippen molar-refractivity contribution in [3.8, 4) is 0 Å². The zero-order valence-corrected chi connectivity index (χ0v) is 7.68. The van der Waals surface area contributed by atoms with Gasteiger partial charge >= 0.3 is 0 Å². The predicted molar refractivity (Wildman–Crippen MR) is 47.6 cm³/mol. The molecule has 12 heavy (non-hydrogen) atoms. The molecule has 1 aliphatic carbocycles. The first-order valence-corrected chi connectivity index (χ1v) is 5.05. The molecule has 0 spiro atoms. The minimum atomic E-state index is 0.318. The zero-order chi connectivity index (χ0) is 8.55. The Labute approximate surface area is 73.7 Å². The zero-order valence-electron chi connectivity index (χ0n) is 7.68. The van der Waals surface area contributed by atoms with Crippen molar-refractivity contribution in [2.24, 2.45) is 17.8 Å². The molecule has 1 heterocycles. The Morgan fingerprint density at radius 2 is 2.17 bits per heavy atom. The van der Waals surface area contributed by atoms with Crippen LogP contribution in [0, 0.1) is 17.8 Å². The van der Waals surface area contributed by atoms with Crippen LogP contribution in [0.3, 0.4) is 0 Å². The molecule has 0 radical (unpaired) electrons. The van der Waals surface area contributed by atoms with E-state index in [0.717, 1.165) is 18.9 Å². The quantitative estimate of drug-likeness (QED) is 0.583. The molecule has 1 saturated carbocycles. The summed E-state index contributed by atoms with van der Waals surface area (Å²) in [6.45, 7) is 3.22. The molecule has 2 nitrogen and oxygen atoms in total. The fraction of sp³-hybridized carbons (Fsp3) is 0.900. The third-order valence-corrected chi connectivity index (χ3v) is 3.40.